The van der Waals surface area contributed by atoms with Gasteiger partial charge in [-0.2, -0.15) is 0 Å². The van der Waals surface area contributed by atoms with E-state index in [2.05, 4.69) is 5.32 Å². The Morgan fingerprint density at radius 2 is 1.81 bits per heavy atom. The Labute approximate surface area is 124 Å². The highest BCUT2D eigenvalue weighted by Gasteiger charge is 2.41. The maximum absolute atomic E-state index is 12.4. The van der Waals surface area contributed by atoms with Gasteiger partial charge < -0.3 is 20.2 Å². The molecule has 0 aromatic rings. The molecule has 2 N–H and O–H groups in total. The van der Waals surface area contributed by atoms with Gasteiger partial charge in [0.15, 0.2) is 0 Å². The minimum atomic E-state index is -0.762. The van der Waals surface area contributed by atoms with Crippen molar-refractivity contribution in [3.8, 4) is 0 Å². The van der Waals surface area contributed by atoms with Crippen molar-refractivity contribution in [2.24, 2.45) is 5.41 Å². The normalized spacial score (nSPS) is 22.4. The van der Waals surface area contributed by atoms with Crippen molar-refractivity contribution in [3.63, 3.8) is 0 Å². The Bertz CT molecular complexity index is 430. The Morgan fingerprint density at radius 3 is 2.38 bits per heavy atom. The summed E-state index contributed by atoms with van der Waals surface area (Å²) in [6, 6.07) is -0.0819. The largest absolute Gasteiger partial charge is 0.481 e. The predicted molar refractivity (Wildman–Crippen MR) is 75.8 cm³/mol. The monoisotopic (exact) mass is 297 g/mol. The van der Waals surface area contributed by atoms with E-state index in [9.17, 15) is 19.5 Å². The smallest absolute Gasteiger partial charge is 0.320 e. The van der Waals surface area contributed by atoms with Crippen LogP contribution in [0.1, 0.15) is 32.6 Å². The summed E-state index contributed by atoms with van der Waals surface area (Å²) in [5, 5.41) is 12.1. The van der Waals surface area contributed by atoms with Gasteiger partial charge >= 0.3 is 12.0 Å². The van der Waals surface area contributed by atoms with Crippen LogP contribution in [0, 0.1) is 5.41 Å². The molecule has 0 aliphatic carbocycles. The van der Waals surface area contributed by atoms with Crippen LogP contribution in [0.3, 0.4) is 0 Å². The van der Waals surface area contributed by atoms with Crippen molar-refractivity contribution in [2.75, 3.05) is 32.7 Å². The first-order valence-electron chi connectivity index (χ1n) is 7.52. The van der Waals surface area contributed by atoms with Crippen LogP contribution in [0.2, 0.25) is 0 Å². The summed E-state index contributed by atoms with van der Waals surface area (Å²) in [6.45, 7) is 4.25. The van der Waals surface area contributed by atoms with Gasteiger partial charge in [0.25, 0.3) is 0 Å². The molecule has 0 atom stereocenters. The zero-order valence-corrected chi connectivity index (χ0v) is 12.4. The molecule has 0 radical (unpaired) electrons. The first-order valence-corrected chi connectivity index (χ1v) is 7.52. The average molecular weight is 297 g/mol. The zero-order valence-electron chi connectivity index (χ0n) is 12.4. The molecule has 2 saturated heterocycles. The van der Waals surface area contributed by atoms with Crippen molar-refractivity contribution in [1.82, 2.24) is 15.1 Å². The van der Waals surface area contributed by atoms with Gasteiger partial charge in [0.2, 0.25) is 5.91 Å². The lowest BCUT2D eigenvalue weighted by atomic mass is 9.76. The fraction of sp³-hybridized carbons (Fsp3) is 0.786. The van der Waals surface area contributed by atoms with Gasteiger partial charge in [0, 0.05) is 39.1 Å². The summed E-state index contributed by atoms with van der Waals surface area (Å²) in [7, 11) is 0. The Kier molecular flexibility index (Phi) is 4.69. The molecule has 2 aliphatic heterocycles. The number of amides is 3. The number of carboxylic acid groups (broad SMARTS) is 1. The third kappa shape index (κ3) is 3.28. The molecule has 3 amide bonds. The van der Waals surface area contributed by atoms with Crippen LogP contribution in [0.25, 0.3) is 0 Å². The van der Waals surface area contributed by atoms with Crippen LogP contribution < -0.4 is 5.32 Å². The third-order valence-electron chi connectivity index (χ3n) is 4.70. The molecular weight excluding hydrogens is 274 g/mol. The number of urea groups is 1. The predicted octanol–water partition coefficient (Wildman–Crippen LogP) is 0.505. The van der Waals surface area contributed by atoms with E-state index in [1.54, 1.807) is 9.80 Å². The molecule has 7 nitrogen and oxygen atoms in total. The SMILES string of the molecule is CCC1(C(=O)O)CCN(C(=O)N2CCNC(=O)CC2)CC1. The van der Waals surface area contributed by atoms with E-state index in [0.717, 1.165) is 0 Å². The molecule has 2 fully saturated rings. The fourth-order valence-electron chi connectivity index (χ4n) is 3.00. The Hall–Kier alpha value is -1.79. The van der Waals surface area contributed by atoms with E-state index in [-0.39, 0.29) is 11.9 Å². The van der Waals surface area contributed by atoms with Gasteiger partial charge in [-0.3, -0.25) is 9.59 Å². The molecule has 0 spiro atoms. The summed E-state index contributed by atoms with van der Waals surface area (Å²) in [6.07, 6.45) is 1.91. The second-order valence-corrected chi connectivity index (χ2v) is 5.80. The van der Waals surface area contributed by atoms with Gasteiger partial charge in [-0.1, -0.05) is 6.92 Å². The van der Waals surface area contributed by atoms with Crippen LogP contribution in [-0.4, -0.2) is 65.5 Å². The maximum Gasteiger partial charge on any atom is 0.320 e. The van der Waals surface area contributed by atoms with Crippen LogP contribution in [0.4, 0.5) is 4.79 Å². The molecule has 0 aromatic carbocycles. The van der Waals surface area contributed by atoms with E-state index in [4.69, 9.17) is 0 Å². The molecule has 0 saturated carbocycles. The minimum absolute atomic E-state index is 0.0279. The lowest BCUT2D eigenvalue weighted by molar-refractivity contribution is -0.152. The van der Waals surface area contributed by atoms with Gasteiger partial charge in [-0.05, 0) is 19.3 Å². The van der Waals surface area contributed by atoms with Gasteiger partial charge in [-0.25, -0.2) is 4.79 Å². The second-order valence-electron chi connectivity index (χ2n) is 5.80. The number of piperidine rings is 1. The number of hydrogen-bond donors (Lipinski definition) is 2. The number of carbonyl (C=O) groups excluding carboxylic acids is 2. The van der Waals surface area contributed by atoms with Crippen LogP contribution in [0.15, 0.2) is 0 Å². The maximum atomic E-state index is 12.4. The van der Waals surface area contributed by atoms with Gasteiger partial charge in [-0.15, -0.1) is 0 Å². The Morgan fingerprint density at radius 1 is 1.19 bits per heavy atom. The topological polar surface area (TPSA) is 89.9 Å². The number of hydrogen-bond acceptors (Lipinski definition) is 3. The van der Waals surface area contributed by atoms with Crippen molar-refractivity contribution in [3.05, 3.63) is 0 Å². The summed E-state index contributed by atoms with van der Waals surface area (Å²) in [5.41, 5.74) is -0.687. The number of nitrogens with zero attached hydrogens (tertiary/aromatic N) is 2. The lowest BCUT2D eigenvalue weighted by Gasteiger charge is -2.40. The van der Waals surface area contributed by atoms with Crippen molar-refractivity contribution in [2.45, 2.75) is 32.6 Å². The van der Waals surface area contributed by atoms with Crippen molar-refractivity contribution < 1.29 is 19.5 Å². The van der Waals surface area contributed by atoms with Gasteiger partial charge in [0.05, 0.1) is 5.41 Å². The second kappa shape index (κ2) is 6.32. The van der Waals surface area contributed by atoms with Crippen LogP contribution in [-0.2, 0) is 9.59 Å². The molecule has 2 heterocycles. The molecule has 0 unspecified atom stereocenters. The lowest BCUT2D eigenvalue weighted by Crippen LogP contribution is -2.51. The first kappa shape index (κ1) is 15.6. The van der Waals surface area contributed by atoms with E-state index in [1.807, 2.05) is 6.92 Å². The number of carbonyl (C=O) groups is 3. The number of carboxylic acids is 1. The first-order chi connectivity index (χ1) is 9.98. The molecule has 21 heavy (non-hydrogen) atoms. The standard InChI is InChI=1S/C14H23N3O4/c1-2-14(12(19)20)4-8-17(9-5-14)13(21)16-7-3-11(18)15-6-10-16/h2-10H2,1H3,(H,15,18)(H,19,20). The molecule has 2 rings (SSSR count). The average Bonchev–Trinajstić information content (AvgIpc) is 2.71. The van der Waals surface area contributed by atoms with Crippen LogP contribution in [0.5, 0.6) is 0 Å². The number of aliphatic carboxylic acids is 1. The molecule has 0 bridgehead atoms. The molecule has 0 aromatic heterocycles. The number of nitrogens with one attached hydrogen (secondary N) is 1. The van der Waals surface area contributed by atoms with Gasteiger partial charge in [0.1, 0.15) is 0 Å². The Balaban J connectivity index is 1.93. The highest BCUT2D eigenvalue weighted by atomic mass is 16.4. The molecule has 7 heteroatoms. The van der Waals surface area contributed by atoms with E-state index >= 15 is 0 Å². The van der Waals surface area contributed by atoms with E-state index < -0.39 is 11.4 Å². The summed E-state index contributed by atoms with van der Waals surface area (Å²) in [5.74, 6) is -0.790. The molecular formula is C14H23N3O4. The molecule has 118 valence electrons. The van der Waals surface area contributed by atoms with Crippen LogP contribution >= 0.6 is 0 Å². The zero-order chi connectivity index (χ0) is 15.5. The third-order valence-corrected chi connectivity index (χ3v) is 4.70. The molecule has 2 aliphatic rings. The quantitative estimate of drug-likeness (QED) is 0.777. The number of rotatable bonds is 2. The minimum Gasteiger partial charge on any atom is -0.481 e. The highest BCUT2D eigenvalue weighted by Crippen LogP contribution is 2.35. The number of likely N-dealkylation sites (tertiary alicyclic amines) is 1. The van der Waals surface area contributed by atoms with Crippen molar-refractivity contribution >= 4 is 17.9 Å². The van der Waals surface area contributed by atoms with E-state index in [0.29, 0.717) is 58.4 Å². The summed E-state index contributed by atoms with van der Waals surface area (Å²) >= 11 is 0. The van der Waals surface area contributed by atoms with Crippen molar-refractivity contribution in [1.29, 1.82) is 0 Å². The summed E-state index contributed by atoms with van der Waals surface area (Å²) in [4.78, 5) is 38.5. The summed E-state index contributed by atoms with van der Waals surface area (Å²) < 4.78 is 0. The van der Waals surface area contributed by atoms with E-state index in [1.165, 1.54) is 0 Å². The highest BCUT2D eigenvalue weighted by molar-refractivity contribution is 5.80. The fourth-order valence-corrected chi connectivity index (χ4v) is 3.00.